The molecule has 2 unspecified atom stereocenters. The van der Waals surface area contributed by atoms with Crippen molar-refractivity contribution in [1.29, 1.82) is 0 Å². The molecule has 16 heteroatoms. The van der Waals surface area contributed by atoms with Gasteiger partial charge in [-0.25, -0.2) is 18.2 Å². The minimum absolute atomic E-state index is 0.0892. The topological polar surface area (TPSA) is 153 Å². The van der Waals surface area contributed by atoms with E-state index in [0.717, 1.165) is 37.1 Å². The predicted molar refractivity (Wildman–Crippen MR) is 152 cm³/mol. The van der Waals surface area contributed by atoms with Gasteiger partial charge in [-0.15, -0.1) is 0 Å². The summed E-state index contributed by atoms with van der Waals surface area (Å²) in [4.78, 5) is 29.4. The summed E-state index contributed by atoms with van der Waals surface area (Å²) < 4.78 is 103. The summed E-state index contributed by atoms with van der Waals surface area (Å²) in [5.74, 6) is -3.65. The normalized spacial score (nSPS) is 19.4. The molecule has 5 N–H and O–H groups in total. The maximum Gasteiger partial charge on any atom is 0.424 e. The molecule has 3 atom stereocenters. The third-order valence-corrected chi connectivity index (χ3v) is 7.73. The third-order valence-electron chi connectivity index (χ3n) is 7.73. The van der Waals surface area contributed by atoms with E-state index in [9.17, 15) is 46.1 Å². The summed E-state index contributed by atoms with van der Waals surface area (Å²) in [7, 11) is 0. The Kier molecular flexibility index (Phi) is 9.03. The number of ether oxygens (including phenoxy) is 3. The van der Waals surface area contributed by atoms with Crippen LogP contribution in [0.3, 0.4) is 0 Å². The van der Waals surface area contributed by atoms with Crippen molar-refractivity contribution in [2.75, 3.05) is 19.8 Å². The van der Waals surface area contributed by atoms with Gasteiger partial charge < -0.3 is 35.5 Å². The second-order valence-electron chi connectivity index (χ2n) is 11.3. The van der Waals surface area contributed by atoms with Crippen molar-refractivity contribution in [3.63, 3.8) is 0 Å². The highest BCUT2D eigenvalue weighted by molar-refractivity contribution is 5.95. The van der Waals surface area contributed by atoms with Crippen LogP contribution in [0, 0.1) is 5.82 Å². The quantitative estimate of drug-likeness (QED) is 0.213. The summed E-state index contributed by atoms with van der Waals surface area (Å²) in [6.45, 7) is -1.22. The van der Waals surface area contributed by atoms with Crippen LogP contribution >= 0.6 is 0 Å². The average molecular weight is 670 g/mol. The van der Waals surface area contributed by atoms with E-state index < -0.39 is 83.2 Å². The lowest BCUT2D eigenvalue weighted by Gasteiger charge is -2.32. The molecule has 10 nitrogen and oxygen atoms in total. The SMILES string of the molecule is C[C@@H](O)COc1ccc(C(=O)NCC(O)(c2cc3c(c(-c4ccc(F)cc4)n2)OCC3(C(N)=O)C(F)F)C(F)(F)F)cc1OC1CC1. The van der Waals surface area contributed by atoms with Gasteiger partial charge in [0.1, 0.15) is 30.5 Å². The lowest BCUT2D eigenvalue weighted by atomic mass is 9.80. The van der Waals surface area contributed by atoms with Crippen LogP contribution in [-0.2, 0) is 15.8 Å². The van der Waals surface area contributed by atoms with Crippen molar-refractivity contribution < 1.29 is 60.4 Å². The van der Waals surface area contributed by atoms with Crippen molar-refractivity contribution >= 4 is 11.8 Å². The van der Waals surface area contributed by atoms with Crippen LogP contribution in [0.4, 0.5) is 26.3 Å². The number of rotatable bonds is 12. The Morgan fingerprint density at radius 3 is 2.38 bits per heavy atom. The van der Waals surface area contributed by atoms with Crippen LogP contribution in [0.1, 0.15) is 41.4 Å². The van der Waals surface area contributed by atoms with Crippen molar-refractivity contribution in [2.24, 2.45) is 5.73 Å². The van der Waals surface area contributed by atoms with Crippen LogP contribution in [-0.4, -0.2) is 71.6 Å². The molecule has 252 valence electrons. The molecule has 0 saturated heterocycles. The van der Waals surface area contributed by atoms with E-state index in [1.165, 1.54) is 25.1 Å². The number of amides is 2. The van der Waals surface area contributed by atoms with Gasteiger partial charge in [0.25, 0.3) is 12.3 Å². The fraction of sp³-hybridized carbons (Fsp3) is 0.387. The first-order valence-electron chi connectivity index (χ1n) is 14.3. The van der Waals surface area contributed by atoms with Crippen LogP contribution in [0.5, 0.6) is 17.2 Å². The number of primary amides is 1. The molecule has 1 aromatic heterocycles. The number of nitrogens with one attached hydrogen (secondary N) is 1. The van der Waals surface area contributed by atoms with Gasteiger partial charge in [0, 0.05) is 16.7 Å². The molecule has 0 radical (unpaired) electrons. The summed E-state index contributed by atoms with van der Waals surface area (Å²) >= 11 is 0. The number of benzene rings is 2. The van der Waals surface area contributed by atoms with Crippen molar-refractivity contribution in [1.82, 2.24) is 10.3 Å². The Morgan fingerprint density at radius 2 is 1.81 bits per heavy atom. The van der Waals surface area contributed by atoms with E-state index in [1.807, 2.05) is 5.32 Å². The van der Waals surface area contributed by atoms with Crippen LogP contribution in [0.25, 0.3) is 11.3 Å². The number of fused-ring (bicyclic) bond motifs is 1. The Morgan fingerprint density at radius 1 is 1.13 bits per heavy atom. The molecule has 1 fully saturated rings. The van der Waals surface area contributed by atoms with Crippen molar-refractivity contribution in [3.8, 4) is 28.5 Å². The van der Waals surface area contributed by atoms with Crippen molar-refractivity contribution in [3.05, 3.63) is 71.2 Å². The number of hydrogen-bond acceptors (Lipinski definition) is 8. The molecule has 1 aliphatic heterocycles. The molecule has 5 rings (SSSR count). The maximum absolute atomic E-state index is 14.7. The Balaban J connectivity index is 1.54. The summed E-state index contributed by atoms with van der Waals surface area (Å²) in [6.07, 6.45) is -8.65. The van der Waals surface area contributed by atoms with Gasteiger partial charge in [-0.3, -0.25) is 9.59 Å². The monoisotopic (exact) mass is 669 g/mol. The number of alkyl halides is 5. The number of halogens is 6. The number of aliphatic hydroxyl groups excluding tert-OH is 1. The van der Waals surface area contributed by atoms with Gasteiger partial charge >= 0.3 is 6.18 Å². The minimum atomic E-state index is -5.57. The highest BCUT2D eigenvalue weighted by Crippen LogP contribution is 2.50. The van der Waals surface area contributed by atoms with Gasteiger partial charge in [0.15, 0.2) is 16.9 Å². The summed E-state index contributed by atoms with van der Waals surface area (Å²) in [5.41, 5.74) is -4.41. The average Bonchev–Trinajstić information content (AvgIpc) is 3.73. The van der Waals surface area contributed by atoms with Crippen LogP contribution in [0.15, 0.2) is 48.5 Å². The van der Waals surface area contributed by atoms with E-state index in [4.69, 9.17) is 19.9 Å². The molecule has 2 amide bonds. The molecule has 2 aromatic carbocycles. The smallest absolute Gasteiger partial charge is 0.424 e. The molecule has 0 bridgehead atoms. The number of aliphatic hydroxyl groups is 2. The molecule has 47 heavy (non-hydrogen) atoms. The molecule has 3 aromatic rings. The second-order valence-corrected chi connectivity index (χ2v) is 11.3. The number of carbonyl (C=O) groups is 2. The Bertz CT molecular complexity index is 1670. The number of pyridine rings is 1. The standard InChI is InChI=1S/C31H29F6N3O7/c1-15(41)12-45-21-9-4-17(10-22(21)47-19-7-8-19)26(42)39-13-30(44,31(35,36)37)23-11-20-25(46-14-29(20,27(33)34)28(38)43)24(40-23)16-2-5-18(32)6-3-16/h2-6,9-11,15,19,27,41,44H,7-8,12-14H2,1H3,(H2,38,43)(H,39,42)/t15-,29?,30?/m1/s1. The molecule has 1 aliphatic carbocycles. The van der Waals surface area contributed by atoms with Gasteiger partial charge in [-0.2, -0.15) is 13.2 Å². The second kappa shape index (κ2) is 12.6. The third kappa shape index (κ3) is 6.52. The zero-order valence-corrected chi connectivity index (χ0v) is 24.6. The Hall–Kier alpha value is -4.57. The van der Waals surface area contributed by atoms with Crippen LogP contribution < -0.4 is 25.3 Å². The van der Waals surface area contributed by atoms with Gasteiger partial charge in [-0.1, -0.05) is 0 Å². The zero-order valence-electron chi connectivity index (χ0n) is 24.6. The first-order chi connectivity index (χ1) is 22.1. The lowest BCUT2D eigenvalue weighted by Crippen LogP contribution is -2.52. The number of hydrogen-bond donors (Lipinski definition) is 4. The van der Waals surface area contributed by atoms with E-state index in [2.05, 4.69) is 4.98 Å². The largest absolute Gasteiger partial charge is 0.489 e. The zero-order chi connectivity index (χ0) is 34.3. The lowest BCUT2D eigenvalue weighted by molar-refractivity contribution is -0.265. The molecule has 1 saturated carbocycles. The molecule has 2 aliphatic rings. The fourth-order valence-corrected chi connectivity index (χ4v) is 4.86. The number of nitrogens with zero attached hydrogens (tertiary/aromatic N) is 1. The number of aromatic nitrogens is 1. The summed E-state index contributed by atoms with van der Waals surface area (Å²) in [6, 6.07) is 8.25. The molecule has 0 spiro atoms. The van der Waals surface area contributed by atoms with Gasteiger partial charge in [-0.05, 0) is 68.3 Å². The minimum Gasteiger partial charge on any atom is -0.489 e. The predicted octanol–water partition coefficient (Wildman–Crippen LogP) is 3.75. The van der Waals surface area contributed by atoms with E-state index in [0.29, 0.717) is 6.07 Å². The first kappa shape index (κ1) is 33.8. The van der Waals surface area contributed by atoms with E-state index in [-0.39, 0.29) is 35.3 Å². The number of carbonyl (C=O) groups excluding carboxylic acids is 2. The number of nitrogens with two attached hydrogens (primary N) is 1. The van der Waals surface area contributed by atoms with Gasteiger partial charge in [0.05, 0.1) is 24.4 Å². The maximum atomic E-state index is 14.7. The van der Waals surface area contributed by atoms with E-state index in [1.54, 1.807) is 0 Å². The van der Waals surface area contributed by atoms with E-state index >= 15 is 0 Å². The highest BCUT2D eigenvalue weighted by atomic mass is 19.4. The first-order valence-corrected chi connectivity index (χ1v) is 14.3. The van der Waals surface area contributed by atoms with Crippen LogP contribution in [0.2, 0.25) is 0 Å². The fourth-order valence-electron chi connectivity index (χ4n) is 4.86. The molecular weight excluding hydrogens is 640 g/mol. The highest BCUT2D eigenvalue weighted by Gasteiger charge is 2.60. The summed E-state index contributed by atoms with van der Waals surface area (Å²) in [5, 5.41) is 22.7. The van der Waals surface area contributed by atoms with Crippen molar-refractivity contribution in [2.45, 2.75) is 55.6 Å². The molecular formula is C31H29F6N3O7. The Labute approximate surface area is 263 Å². The molecule has 2 heterocycles. The van der Waals surface area contributed by atoms with Gasteiger partial charge in [0.2, 0.25) is 11.5 Å².